The van der Waals surface area contributed by atoms with Crippen molar-refractivity contribution in [2.45, 2.75) is 39.5 Å². The fourth-order valence-corrected chi connectivity index (χ4v) is 4.73. The first kappa shape index (κ1) is 22.4. The van der Waals surface area contributed by atoms with E-state index in [-0.39, 0.29) is 11.2 Å². The van der Waals surface area contributed by atoms with Crippen LogP contribution in [0.2, 0.25) is 0 Å². The third-order valence-corrected chi connectivity index (χ3v) is 6.08. The van der Waals surface area contributed by atoms with E-state index in [0.717, 1.165) is 15.7 Å². The van der Waals surface area contributed by atoms with Gasteiger partial charge in [0.15, 0.2) is 5.78 Å². The number of allylic oxidation sites excluding steroid dienone is 3. The van der Waals surface area contributed by atoms with Crippen LogP contribution in [0.1, 0.15) is 45.1 Å². The summed E-state index contributed by atoms with van der Waals surface area (Å²) in [7, 11) is 1.62. The fraction of sp³-hybridized carbons (Fsp3) is 0.478. The van der Waals surface area contributed by atoms with Crippen molar-refractivity contribution >= 4 is 21.7 Å². The number of nitriles is 1. The first-order chi connectivity index (χ1) is 14.2. The molecule has 0 saturated carbocycles. The highest BCUT2D eigenvalue weighted by Crippen LogP contribution is 2.50. The Balaban J connectivity index is 2.28. The summed E-state index contributed by atoms with van der Waals surface area (Å²) >= 11 is 3.52. The van der Waals surface area contributed by atoms with Gasteiger partial charge in [0.1, 0.15) is 11.6 Å². The van der Waals surface area contributed by atoms with Crippen molar-refractivity contribution in [1.29, 1.82) is 5.26 Å². The number of rotatable bonds is 6. The zero-order valence-corrected chi connectivity index (χ0v) is 19.5. The van der Waals surface area contributed by atoms with Gasteiger partial charge >= 0.3 is 0 Å². The van der Waals surface area contributed by atoms with Gasteiger partial charge in [-0.15, -0.1) is 0 Å². The van der Waals surface area contributed by atoms with Gasteiger partial charge in [0.2, 0.25) is 0 Å². The van der Waals surface area contributed by atoms with Gasteiger partial charge in [-0.3, -0.25) is 4.79 Å². The Morgan fingerprint density at radius 1 is 1.37 bits per heavy atom. The molecule has 1 aliphatic carbocycles. The molecule has 1 aromatic carbocycles. The van der Waals surface area contributed by atoms with Gasteiger partial charge in [0, 0.05) is 41.4 Å². The minimum Gasteiger partial charge on any atom is -0.494 e. The third-order valence-electron chi connectivity index (χ3n) is 5.59. The predicted molar refractivity (Wildman–Crippen MR) is 119 cm³/mol. The van der Waals surface area contributed by atoms with E-state index in [2.05, 4.69) is 35.8 Å². The smallest absolute Gasteiger partial charge is 0.162 e. The second kappa shape index (κ2) is 8.83. The molecule has 0 saturated heterocycles. The van der Waals surface area contributed by atoms with Gasteiger partial charge in [-0.25, -0.2) is 0 Å². The Morgan fingerprint density at radius 2 is 2.10 bits per heavy atom. The van der Waals surface area contributed by atoms with Crippen LogP contribution in [0.15, 0.2) is 45.3 Å². The molecule has 1 aromatic rings. The van der Waals surface area contributed by atoms with Crippen LogP contribution in [0.25, 0.3) is 0 Å². The van der Waals surface area contributed by atoms with Crippen molar-refractivity contribution in [2.75, 3.05) is 26.9 Å². The summed E-state index contributed by atoms with van der Waals surface area (Å²) in [6.45, 7) is 7.49. The standard InChI is InChI=1S/C23H28BrN3O3/c1-5-30-19-7-6-14(24)10-15(19)20-16(13-25)22(26)27(8-9-29-4)17-11-23(2,3)12-18(28)21(17)20/h6-7,10,20H,5,8-9,11-12,26H2,1-4H3/t20-/m1/s1. The maximum Gasteiger partial charge on any atom is 0.162 e. The summed E-state index contributed by atoms with van der Waals surface area (Å²) in [4.78, 5) is 15.3. The number of nitrogens with zero attached hydrogens (tertiary/aromatic N) is 2. The molecule has 0 spiro atoms. The van der Waals surface area contributed by atoms with Crippen molar-refractivity contribution in [3.63, 3.8) is 0 Å². The second-order valence-electron chi connectivity index (χ2n) is 8.40. The maximum atomic E-state index is 13.4. The van der Waals surface area contributed by atoms with E-state index in [0.29, 0.717) is 55.3 Å². The van der Waals surface area contributed by atoms with Gasteiger partial charge < -0.3 is 20.1 Å². The number of benzene rings is 1. The van der Waals surface area contributed by atoms with Gasteiger partial charge in [-0.1, -0.05) is 29.8 Å². The molecule has 0 fully saturated rings. The molecule has 0 unspecified atom stereocenters. The largest absolute Gasteiger partial charge is 0.494 e. The highest BCUT2D eigenvalue weighted by molar-refractivity contribution is 9.10. The number of Topliss-reactive ketones (excluding diaryl/α,β-unsaturated/α-hetero) is 1. The first-order valence-electron chi connectivity index (χ1n) is 10.1. The number of nitrogens with two attached hydrogens (primary N) is 1. The molecule has 0 radical (unpaired) electrons. The minimum absolute atomic E-state index is 0.0522. The molecule has 1 aliphatic heterocycles. The monoisotopic (exact) mass is 473 g/mol. The molecule has 7 heteroatoms. The molecule has 1 atom stereocenters. The van der Waals surface area contributed by atoms with Gasteiger partial charge in [-0.05, 0) is 37.0 Å². The van der Waals surface area contributed by atoms with E-state index < -0.39 is 5.92 Å². The Kier molecular flexibility index (Phi) is 6.59. The summed E-state index contributed by atoms with van der Waals surface area (Å²) < 4.78 is 12.0. The number of methoxy groups -OCH3 is 1. The van der Waals surface area contributed by atoms with Crippen LogP contribution >= 0.6 is 15.9 Å². The van der Waals surface area contributed by atoms with Crippen LogP contribution < -0.4 is 10.5 Å². The molecule has 0 bridgehead atoms. The highest BCUT2D eigenvalue weighted by Gasteiger charge is 2.44. The van der Waals surface area contributed by atoms with Crippen molar-refractivity contribution in [1.82, 2.24) is 4.90 Å². The molecule has 2 N–H and O–H groups in total. The number of carbonyl (C=O) groups is 1. The lowest BCUT2D eigenvalue weighted by molar-refractivity contribution is -0.118. The van der Waals surface area contributed by atoms with Gasteiger partial charge in [-0.2, -0.15) is 5.26 Å². The molecule has 3 rings (SSSR count). The molecular formula is C23H28BrN3O3. The number of hydrogen-bond acceptors (Lipinski definition) is 6. The third kappa shape index (κ3) is 4.12. The van der Waals surface area contributed by atoms with Crippen LogP contribution in [0, 0.1) is 16.7 Å². The van der Waals surface area contributed by atoms with Crippen LogP contribution in [-0.4, -0.2) is 37.6 Å². The first-order valence-corrected chi connectivity index (χ1v) is 10.9. The molecule has 160 valence electrons. The molecule has 30 heavy (non-hydrogen) atoms. The zero-order chi connectivity index (χ0) is 22.1. The molecule has 6 nitrogen and oxygen atoms in total. The lowest BCUT2D eigenvalue weighted by Crippen LogP contribution is -2.43. The van der Waals surface area contributed by atoms with E-state index in [1.54, 1.807) is 7.11 Å². The van der Waals surface area contributed by atoms with Crippen molar-refractivity contribution in [3.8, 4) is 11.8 Å². The summed E-state index contributed by atoms with van der Waals surface area (Å²) in [5.41, 5.74) is 9.03. The summed E-state index contributed by atoms with van der Waals surface area (Å²) in [6.07, 6.45) is 1.13. The van der Waals surface area contributed by atoms with Crippen molar-refractivity contribution in [2.24, 2.45) is 11.1 Å². The summed E-state index contributed by atoms with van der Waals surface area (Å²) in [5, 5.41) is 10.1. The highest BCUT2D eigenvalue weighted by atomic mass is 79.9. The average molecular weight is 474 g/mol. The van der Waals surface area contributed by atoms with Crippen LogP contribution in [-0.2, 0) is 9.53 Å². The summed E-state index contributed by atoms with van der Waals surface area (Å²) in [6, 6.07) is 7.96. The average Bonchev–Trinajstić information content (AvgIpc) is 2.67. The molecule has 1 heterocycles. The molecule has 0 aromatic heterocycles. The van der Waals surface area contributed by atoms with Crippen LogP contribution in [0.3, 0.4) is 0 Å². The number of hydrogen-bond donors (Lipinski definition) is 1. The minimum atomic E-state index is -0.550. The van der Waals surface area contributed by atoms with Gasteiger partial charge in [0.05, 0.1) is 30.8 Å². The maximum absolute atomic E-state index is 13.4. The van der Waals surface area contributed by atoms with Gasteiger partial charge in [0.25, 0.3) is 0 Å². The Bertz CT molecular complexity index is 959. The Hall–Kier alpha value is -2.30. The Morgan fingerprint density at radius 3 is 2.73 bits per heavy atom. The number of carbonyl (C=O) groups excluding carboxylic acids is 1. The number of ketones is 1. The topological polar surface area (TPSA) is 88.6 Å². The van der Waals surface area contributed by atoms with E-state index in [9.17, 15) is 10.1 Å². The summed E-state index contributed by atoms with van der Waals surface area (Å²) in [5.74, 6) is 0.537. The van der Waals surface area contributed by atoms with E-state index >= 15 is 0 Å². The molecule has 0 amide bonds. The quantitative estimate of drug-likeness (QED) is 0.664. The van der Waals surface area contributed by atoms with E-state index in [1.807, 2.05) is 30.0 Å². The van der Waals surface area contributed by atoms with Crippen LogP contribution in [0.5, 0.6) is 5.75 Å². The fourth-order valence-electron chi connectivity index (χ4n) is 4.36. The van der Waals surface area contributed by atoms with Crippen LogP contribution in [0.4, 0.5) is 0 Å². The normalized spacial score (nSPS) is 20.9. The second-order valence-corrected chi connectivity index (χ2v) is 9.32. The molecular weight excluding hydrogens is 446 g/mol. The predicted octanol–water partition coefficient (Wildman–Crippen LogP) is 4.23. The lowest BCUT2D eigenvalue weighted by atomic mass is 9.68. The number of ether oxygens (including phenoxy) is 2. The van der Waals surface area contributed by atoms with E-state index in [1.165, 1.54) is 0 Å². The SMILES string of the molecule is CCOc1ccc(Br)cc1[C@@H]1C(C#N)=C(N)N(CCOC)C2=C1C(=O)CC(C)(C)C2. The lowest BCUT2D eigenvalue weighted by Gasteiger charge is -2.44. The Labute approximate surface area is 186 Å². The van der Waals surface area contributed by atoms with Crippen molar-refractivity contribution in [3.05, 3.63) is 50.9 Å². The van der Waals surface area contributed by atoms with Crippen molar-refractivity contribution < 1.29 is 14.3 Å². The zero-order valence-electron chi connectivity index (χ0n) is 17.9. The van der Waals surface area contributed by atoms with E-state index in [4.69, 9.17) is 15.2 Å². The molecule has 2 aliphatic rings. The number of halogens is 1.